The lowest BCUT2D eigenvalue weighted by atomic mass is 10.2. The average Bonchev–Trinajstić information content (AvgIpc) is 3.19. The number of hydrogen-bond acceptors (Lipinski definition) is 5. The molecular formula is C20H17N5O. The number of imidazole rings is 1. The van der Waals surface area contributed by atoms with Gasteiger partial charge < -0.3 is 10.1 Å². The van der Waals surface area contributed by atoms with Crippen molar-refractivity contribution < 1.29 is 4.74 Å². The zero-order chi connectivity index (χ0) is 17.8. The summed E-state index contributed by atoms with van der Waals surface area (Å²) in [6.45, 7) is 0. The molecule has 0 unspecified atom stereocenters. The smallest absolute Gasteiger partial charge is 0.229 e. The number of benzene rings is 2. The number of methoxy groups -OCH3 is 1. The first kappa shape index (κ1) is 15.8. The maximum absolute atomic E-state index is 5.36. The van der Waals surface area contributed by atoms with Crippen molar-refractivity contribution in [3.05, 3.63) is 79.3 Å². The van der Waals surface area contributed by atoms with Gasteiger partial charge in [0.1, 0.15) is 17.4 Å². The molecule has 0 fully saturated rings. The summed E-state index contributed by atoms with van der Waals surface area (Å²) in [5.74, 6) is 2.77. The van der Waals surface area contributed by atoms with Gasteiger partial charge in [-0.3, -0.25) is 4.57 Å². The highest BCUT2D eigenvalue weighted by molar-refractivity contribution is 5.63. The van der Waals surface area contributed by atoms with Crippen LogP contribution in [0.3, 0.4) is 0 Å². The molecule has 0 aliphatic carbocycles. The Morgan fingerprint density at radius 2 is 1.69 bits per heavy atom. The standard InChI is InChI=1S/C20H17N5O/c1-26-17-10-6-5-9-16(17)23-20-22-12-11-18(24-20)25-14-13-21-19(25)15-7-3-2-4-8-15/h2-14H,1H3,(H,22,23,24). The minimum absolute atomic E-state index is 0.486. The molecule has 2 aromatic carbocycles. The van der Waals surface area contributed by atoms with Gasteiger partial charge in [-0.25, -0.2) is 9.97 Å². The number of nitrogens with one attached hydrogen (secondary N) is 1. The van der Waals surface area contributed by atoms with Gasteiger partial charge in [0.15, 0.2) is 0 Å². The van der Waals surface area contributed by atoms with Gasteiger partial charge in [-0.1, -0.05) is 42.5 Å². The van der Waals surface area contributed by atoms with Crippen LogP contribution in [0, 0.1) is 0 Å². The molecule has 2 aromatic heterocycles. The molecule has 0 radical (unpaired) electrons. The second-order valence-corrected chi connectivity index (χ2v) is 5.55. The third-order valence-corrected chi connectivity index (χ3v) is 3.91. The van der Waals surface area contributed by atoms with E-state index >= 15 is 0 Å². The molecule has 4 aromatic rings. The molecule has 0 spiro atoms. The molecule has 26 heavy (non-hydrogen) atoms. The summed E-state index contributed by atoms with van der Waals surface area (Å²) in [6.07, 6.45) is 5.37. The molecule has 0 bridgehead atoms. The van der Waals surface area contributed by atoms with Crippen molar-refractivity contribution in [2.75, 3.05) is 12.4 Å². The van der Waals surface area contributed by atoms with Crippen molar-refractivity contribution in [3.8, 4) is 23.0 Å². The van der Waals surface area contributed by atoms with Crippen LogP contribution in [0.25, 0.3) is 17.2 Å². The van der Waals surface area contributed by atoms with E-state index in [4.69, 9.17) is 4.74 Å². The van der Waals surface area contributed by atoms with Crippen LogP contribution in [-0.4, -0.2) is 26.6 Å². The summed E-state index contributed by atoms with van der Waals surface area (Å²) in [4.78, 5) is 13.4. The number of aromatic nitrogens is 4. The quantitative estimate of drug-likeness (QED) is 0.591. The van der Waals surface area contributed by atoms with E-state index in [2.05, 4.69) is 20.3 Å². The van der Waals surface area contributed by atoms with Crippen LogP contribution >= 0.6 is 0 Å². The average molecular weight is 343 g/mol. The molecule has 0 aliphatic rings. The normalized spacial score (nSPS) is 10.5. The summed E-state index contributed by atoms with van der Waals surface area (Å²) in [7, 11) is 1.63. The Balaban J connectivity index is 1.68. The van der Waals surface area contributed by atoms with E-state index in [0.29, 0.717) is 5.95 Å². The topological polar surface area (TPSA) is 64.9 Å². The first-order valence-electron chi connectivity index (χ1n) is 8.17. The highest BCUT2D eigenvalue weighted by Gasteiger charge is 2.10. The number of para-hydroxylation sites is 2. The molecule has 2 heterocycles. The van der Waals surface area contributed by atoms with Crippen LogP contribution in [0.1, 0.15) is 0 Å². The lowest BCUT2D eigenvalue weighted by Crippen LogP contribution is -2.04. The predicted molar refractivity (Wildman–Crippen MR) is 101 cm³/mol. The Labute approximate surface area is 151 Å². The lowest BCUT2D eigenvalue weighted by Gasteiger charge is -2.11. The Morgan fingerprint density at radius 3 is 2.54 bits per heavy atom. The maximum atomic E-state index is 5.36. The Bertz CT molecular complexity index is 1010. The number of anilines is 2. The largest absolute Gasteiger partial charge is 0.495 e. The molecule has 0 atom stereocenters. The van der Waals surface area contributed by atoms with Gasteiger partial charge in [-0.15, -0.1) is 0 Å². The molecule has 6 nitrogen and oxygen atoms in total. The van der Waals surface area contributed by atoms with Crippen LogP contribution in [0.15, 0.2) is 79.3 Å². The summed E-state index contributed by atoms with van der Waals surface area (Å²) in [5.41, 5.74) is 1.83. The molecule has 6 heteroatoms. The zero-order valence-corrected chi connectivity index (χ0v) is 14.2. The van der Waals surface area contributed by atoms with E-state index in [1.807, 2.05) is 71.4 Å². The molecule has 0 saturated carbocycles. The Hall–Kier alpha value is -3.67. The molecule has 4 rings (SSSR count). The fourth-order valence-electron chi connectivity index (χ4n) is 2.70. The molecule has 0 saturated heterocycles. The lowest BCUT2D eigenvalue weighted by molar-refractivity contribution is 0.417. The van der Waals surface area contributed by atoms with Crippen molar-refractivity contribution in [3.63, 3.8) is 0 Å². The first-order chi connectivity index (χ1) is 12.8. The van der Waals surface area contributed by atoms with Gasteiger partial charge in [0.2, 0.25) is 5.95 Å². The van der Waals surface area contributed by atoms with Gasteiger partial charge in [0.05, 0.1) is 12.8 Å². The summed E-state index contributed by atoms with van der Waals surface area (Å²) in [6, 6.07) is 19.5. The summed E-state index contributed by atoms with van der Waals surface area (Å²) >= 11 is 0. The van der Waals surface area contributed by atoms with E-state index in [9.17, 15) is 0 Å². The van der Waals surface area contributed by atoms with Crippen LogP contribution in [-0.2, 0) is 0 Å². The monoisotopic (exact) mass is 343 g/mol. The molecule has 1 N–H and O–H groups in total. The van der Waals surface area contributed by atoms with E-state index in [1.165, 1.54) is 0 Å². The van der Waals surface area contributed by atoms with Gasteiger partial charge in [0, 0.05) is 24.2 Å². The molecular weight excluding hydrogens is 326 g/mol. The number of nitrogens with zero attached hydrogens (tertiary/aromatic N) is 4. The second-order valence-electron chi connectivity index (χ2n) is 5.55. The number of hydrogen-bond donors (Lipinski definition) is 1. The van der Waals surface area contributed by atoms with Crippen molar-refractivity contribution in [2.45, 2.75) is 0 Å². The van der Waals surface area contributed by atoms with Crippen LogP contribution in [0.5, 0.6) is 5.75 Å². The maximum Gasteiger partial charge on any atom is 0.229 e. The molecule has 0 aliphatic heterocycles. The van der Waals surface area contributed by atoms with Crippen molar-refractivity contribution in [1.29, 1.82) is 0 Å². The molecule has 128 valence electrons. The van der Waals surface area contributed by atoms with Crippen molar-refractivity contribution in [2.24, 2.45) is 0 Å². The first-order valence-corrected chi connectivity index (χ1v) is 8.17. The third-order valence-electron chi connectivity index (χ3n) is 3.91. The minimum atomic E-state index is 0.486. The zero-order valence-electron chi connectivity index (χ0n) is 14.2. The van der Waals surface area contributed by atoms with Crippen LogP contribution < -0.4 is 10.1 Å². The van der Waals surface area contributed by atoms with E-state index in [1.54, 1.807) is 19.5 Å². The summed E-state index contributed by atoms with van der Waals surface area (Å²) in [5, 5.41) is 3.20. The highest BCUT2D eigenvalue weighted by atomic mass is 16.5. The number of rotatable bonds is 5. The van der Waals surface area contributed by atoms with Crippen LogP contribution in [0.2, 0.25) is 0 Å². The fraction of sp³-hybridized carbons (Fsp3) is 0.0500. The third kappa shape index (κ3) is 3.12. The van der Waals surface area contributed by atoms with Crippen LogP contribution in [0.4, 0.5) is 11.6 Å². The van der Waals surface area contributed by atoms with E-state index in [-0.39, 0.29) is 0 Å². The Morgan fingerprint density at radius 1 is 0.885 bits per heavy atom. The second kappa shape index (κ2) is 7.06. The van der Waals surface area contributed by atoms with Gasteiger partial charge in [0.25, 0.3) is 0 Å². The van der Waals surface area contributed by atoms with Crippen molar-refractivity contribution >= 4 is 11.6 Å². The molecule has 0 amide bonds. The fourth-order valence-corrected chi connectivity index (χ4v) is 2.70. The van der Waals surface area contributed by atoms with Gasteiger partial charge in [-0.05, 0) is 18.2 Å². The number of ether oxygens (including phenoxy) is 1. The van der Waals surface area contributed by atoms with Gasteiger partial charge in [-0.2, -0.15) is 4.98 Å². The summed E-state index contributed by atoms with van der Waals surface area (Å²) < 4.78 is 7.30. The van der Waals surface area contributed by atoms with Gasteiger partial charge >= 0.3 is 0 Å². The van der Waals surface area contributed by atoms with E-state index < -0.39 is 0 Å². The predicted octanol–water partition coefficient (Wildman–Crippen LogP) is 4.08. The van der Waals surface area contributed by atoms with Crippen molar-refractivity contribution in [1.82, 2.24) is 19.5 Å². The highest BCUT2D eigenvalue weighted by Crippen LogP contribution is 2.26. The SMILES string of the molecule is COc1ccccc1Nc1nccc(-n2ccnc2-c2ccccc2)n1. The minimum Gasteiger partial charge on any atom is -0.495 e. The Kier molecular flexibility index (Phi) is 4.30. The van der Waals surface area contributed by atoms with E-state index in [0.717, 1.165) is 28.6 Å².